The lowest BCUT2D eigenvalue weighted by molar-refractivity contribution is -0.129. The van der Waals surface area contributed by atoms with Gasteiger partial charge in [-0.15, -0.1) is 0 Å². The van der Waals surface area contributed by atoms with Gasteiger partial charge in [-0.25, -0.2) is 14.6 Å². The predicted molar refractivity (Wildman–Crippen MR) is 217 cm³/mol. The molecule has 2 saturated heterocycles. The second kappa shape index (κ2) is 19.1. The molecular formula is C44H55N5O7. The first kappa shape index (κ1) is 41.3. The molecule has 2 aliphatic rings. The third-order valence-electron chi connectivity index (χ3n) is 8.47. The van der Waals surface area contributed by atoms with Crippen molar-refractivity contribution < 1.29 is 33.3 Å². The summed E-state index contributed by atoms with van der Waals surface area (Å²) < 4.78 is 22.5. The van der Waals surface area contributed by atoms with E-state index in [1.807, 2.05) is 140 Å². The maximum atomic E-state index is 12.7. The Morgan fingerprint density at radius 2 is 1.04 bits per heavy atom. The van der Waals surface area contributed by atoms with Crippen molar-refractivity contribution in [3.8, 4) is 11.5 Å². The zero-order chi connectivity index (χ0) is 40.1. The van der Waals surface area contributed by atoms with E-state index in [0.29, 0.717) is 26.3 Å². The van der Waals surface area contributed by atoms with Crippen molar-refractivity contribution in [3.05, 3.63) is 120 Å². The second-order valence-electron chi connectivity index (χ2n) is 15.5. The van der Waals surface area contributed by atoms with Crippen LogP contribution in [0.25, 0.3) is 0 Å². The summed E-state index contributed by atoms with van der Waals surface area (Å²) in [6, 6.07) is 35.5. The molecule has 12 nitrogen and oxygen atoms in total. The number of hydrogen-bond donors (Lipinski definition) is 1. The Morgan fingerprint density at radius 1 is 0.571 bits per heavy atom. The molecule has 0 spiro atoms. The Hall–Kier alpha value is -5.91. The van der Waals surface area contributed by atoms with Crippen LogP contribution in [-0.2, 0) is 27.5 Å². The van der Waals surface area contributed by atoms with Crippen molar-refractivity contribution in [2.24, 2.45) is 0 Å². The van der Waals surface area contributed by atoms with E-state index in [1.54, 1.807) is 30.8 Å². The molecule has 12 heteroatoms. The van der Waals surface area contributed by atoms with E-state index in [1.165, 1.54) is 0 Å². The molecule has 0 saturated carbocycles. The van der Waals surface area contributed by atoms with Gasteiger partial charge in [0.05, 0.1) is 11.4 Å². The third-order valence-corrected chi connectivity index (χ3v) is 8.47. The minimum absolute atomic E-state index is 0.115. The van der Waals surface area contributed by atoms with E-state index < -0.39 is 17.3 Å². The van der Waals surface area contributed by atoms with E-state index in [0.717, 1.165) is 59.9 Å². The van der Waals surface area contributed by atoms with E-state index in [4.69, 9.17) is 18.9 Å². The van der Waals surface area contributed by atoms with E-state index in [2.05, 4.69) is 5.32 Å². The van der Waals surface area contributed by atoms with Crippen LogP contribution in [0.4, 0.5) is 21.0 Å². The Kier molecular flexibility index (Phi) is 14.1. The summed E-state index contributed by atoms with van der Waals surface area (Å²) in [4.78, 5) is 37.0. The van der Waals surface area contributed by atoms with E-state index >= 15 is 0 Å². The van der Waals surface area contributed by atoms with Gasteiger partial charge in [0.25, 0.3) is 5.91 Å². The van der Waals surface area contributed by atoms with Gasteiger partial charge in [-0.2, -0.15) is 0 Å². The van der Waals surface area contributed by atoms with E-state index in [9.17, 15) is 14.4 Å². The summed E-state index contributed by atoms with van der Waals surface area (Å²) in [6.45, 7) is 14.6. The largest absolute Gasteiger partial charge is 0.489 e. The number of amides is 3. The van der Waals surface area contributed by atoms with Crippen molar-refractivity contribution in [1.82, 2.24) is 15.3 Å². The molecule has 56 heavy (non-hydrogen) atoms. The topological polar surface area (TPSA) is 113 Å². The fourth-order valence-corrected chi connectivity index (χ4v) is 6.03. The Morgan fingerprint density at radius 3 is 1.52 bits per heavy atom. The van der Waals surface area contributed by atoms with Gasteiger partial charge in [0.2, 0.25) is 0 Å². The minimum atomic E-state index is -0.604. The molecule has 1 N–H and O–H groups in total. The normalized spacial score (nSPS) is 14.1. The molecule has 0 unspecified atom stereocenters. The zero-order valence-corrected chi connectivity index (χ0v) is 33.4. The maximum absolute atomic E-state index is 12.7. The lowest BCUT2D eigenvalue weighted by Crippen LogP contribution is -2.47. The molecule has 2 heterocycles. The molecule has 0 aromatic heterocycles. The highest BCUT2D eigenvalue weighted by Crippen LogP contribution is 2.28. The number of carbonyl (C=O) groups excluding carboxylic acids is 3. The number of alkyl carbamates (subject to hydrolysis) is 1. The number of ether oxygens (including phenoxy) is 4. The van der Waals surface area contributed by atoms with Crippen LogP contribution in [0.15, 0.2) is 109 Å². The number of benzene rings is 4. The van der Waals surface area contributed by atoms with Gasteiger partial charge in [-0.1, -0.05) is 72.8 Å². The molecule has 0 aliphatic carbocycles. The van der Waals surface area contributed by atoms with Gasteiger partial charge in [0.1, 0.15) is 42.5 Å². The number of hydrogen-bond acceptors (Lipinski definition) is 9. The van der Waals surface area contributed by atoms with Gasteiger partial charge >= 0.3 is 12.2 Å². The third kappa shape index (κ3) is 12.9. The molecule has 298 valence electrons. The lowest BCUT2D eigenvalue weighted by atomic mass is 10.2. The SMILES string of the molecule is CC(C)(C)OC(=O)N1CCCN1c1cccc(OCc2ccccc2)c1.CC(C)(C)OC(=O)NCC(=O)N1CCCN1c1cccc(OCc2ccccc2)c1. The predicted octanol–water partition coefficient (Wildman–Crippen LogP) is 8.37. The Bertz CT molecular complexity index is 1880. The van der Waals surface area contributed by atoms with Crippen LogP contribution in [0.2, 0.25) is 0 Å². The van der Waals surface area contributed by atoms with Crippen molar-refractivity contribution >= 4 is 29.5 Å². The van der Waals surface area contributed by atoms with Gasteiger partial charge in [0.15, 0.2) is 0 Å². The summed E-state index contributed by atoms with van der Waals surface area (Å²) in [5, 5.41) is 9.75. The highest BCUT2D eigenvalue weighted by Gasteiger charge is 2.31. The number of anilines is 2. The fourth-order valence-electron chi connectivity index (χ4n) is 6.03. The quantitative estimate of drug-likeness (QED) is 0.170. The number of nitrogens with one attached hydrogen (secondary N) is 1. The van der Waals surface area contributed by atoms with Crippen LogP contribution in [0.5, 0.6) is 11.5 Å². The highest BCUT2D eigenvalue weighted by atomic mass is 16.6. The maximum Gasteiger partial charge on any atom is 0.429 e. The molecule has 0 bridgehead atoms. The molecular weight excluding hydrogens is 711 g/mol. The van der Waals surface area contributed by atoms with Crippen LogP contribution in [0.1, 0.15) is 65.5 Å². The zero-order valence-electron chi connectivity index (χ0n) is 33.4. The standard InChI is InChI=1S/C23H29N3O4.C21H26N2O3/c1-23(2,3)30-22(28)24-16-21(27)26-14-8-13-25(26)19-11-7-12-20(15-19)29-17-18-9-5-4-6-10-18;1-21(2,3)26-20(24)23-14-8-13-22(23)18-11-7-12-19(15-18)25-16-17-9-5-4-6-10-17/h4-7,9-12,15H,8,13-14,16-17H2,1-3H3,(H,24,28);4-7,9-12,15H,8,13-14,16H2,1-3H3. The van der Waals surface area contributed by atoms with Gasteiger partial charge in [0, 0.05) is 38.3 Å². The summed E-state index contributed by atoms with van der Waals surface area (Å²) in [5.41, 5.74) is 2.91. The molecule has 2 fully saturated rings. The minimum Gasteiger partial charge on any atom is -0.489 e. The van der Waals surface area contributed by atoms with Gasteiger partial charge < -0.3 is 24.3 Å². The van der Waals surface area contributed by atoms with Gasteiger partial charge in [-0.3, -0.25) is 19.8 Å². The fraction of sp³-hybridized carbons (Fsp3) is 0.386. The van der Waals surface area contributed by atoms with Gasteiger partial charge in [-0.05, 0) is 89.8 Å². The summed E-state index contributed by atoms with van der Waals surface area (Å²) in [5.74, 6) is 1.33. The van der Waals surface area contributed by atoms with Crippen LogP contribution >= 0.6 is 0 Å². The molecule has 4 aromatic carbocycles. The van der Waals surface area contributed by atoms with Crippen molar-refractivity contribution in [1.29, 1.82) is 0 Å². The highest BCUT2D eigenvalue weighted by molar-refractivity contribution is 5.84. The smallest absolute Gasteiger partial charge is 0.429 e. The number of nitrogens with zero attached hydrogens (tertiary/aromatic N) is 4. The first-order valence-electron chi connectivity index (χ1n) is 19.1. The van der Waals surface area contributed by atoms with Crippen LogP contribution in [0, 0.1) is 0 Å². The molecule has 0 atom stereocenters. The Balaban J connectivity index is 0.000000216. The summed E-state index contributed by atoms with van der Waals surface area (Å²) >= 11 is 0. The second-order valence-corrected chi connectivity index (χ2v) is 15.5. The first-order valence-corrected chi connectivity index (χ1v) is 19.1. The molecule has 0 radical (unpaired) electrons. The average molecular weight is 766 g/mol. The average Bonchev–Trinajstić information content (AvgIpc) is 3.87. The van der Waals surface area contributed by atoms with Crippen molar-refractivity contribution in [3.63, 3.8) is 0 Å². The molecule has 4 aromatic rings. The summed E-state index contributed by atoms with van der Waals surface area (Å²) in [7, 11) is 0. The number of carbonyl (C=O) groups is 3. The van der Waals surface area contributed by atoms with Crippen LogP contribution in [0.3, 0.4) is 0 Å². The molecule has 3 amide bonds. The lowest BCUT2D eigenvalue weighted by Gasteiger charge is -2.31. The van der Waals surface area contributed by atoms with Crippen LogP contribution < -0.4 is 24.8 Å². The summed E-state index contributed by atoms with van der Waals surface area (Å²) in [6.07, 6.45) is 0.852. The molecule has 6 rings (SSSR count). The number of hydrazine groups is 2. The first-order chi connectivity index (χ1) is 26.7. The van der Waals surface area contributed by atoms with Crippen molar-refractivity contribution in [2.45, 2.75) is 78.8 Å². The number of rotatable bonds is 10. The van der Waals surface area contributed by atoms with Crippen molar-refractivity contribution in [2.75, 3.05) is 42.7 Å². The van der Waals surface area contributed by atoms with E-state index in [-0.39, 0.29) is 18.5 Å². The van der Waals surface area contributed by atoms with Crippen LogP contribution in [-0.4, -0.2) is 72.0 Å². The molecule has 2 aliphatic heterocycles. The monoisotopic (exact) mass is 765 g/mol. The Labute approximate surface area is 330 Å².